The van der Waals surface area contributed by atoms with Crippen LogP contribution in [0.3, 0.4) is 0 Å². The SMILES string of the molecule is CS(=O)(=O)CN1CCCC1(F)F. The van der Waals surface area contributed by atoms with Crippen molar-refractivity contribution in [2.75, 3.05) is 18.7 Å². The lowest BCUT2D eigenvalue weighted by Crippen LogP contribution is -2.38. The molecular weight excluding hydrogens is 188 g/mol. The van der Waals surface area contributed by atoms with Crippen molar-refractivity contribution in [3.8, 4) is 0 Å². The molecule has 0 aromatic carbocycles. The van der Waals surface area contributed by atoms with Crippen LogP contribution in [-0.4, -0.2) is 38.0 Å². The molecule has 72 valence electrons. The molecule has 12 heavy (non-hydrogen) atoms. The van der Waals surface area contributed by atoms with Gasteiger partial charge in [0, 0.05) is 19.2 Å². The first-order valence-electron chi connectivity index (χ1n) is 3.62. The van der Waals surface area contributed by atoms with Crippen molar-refractivity contribution in [1.82, 2.24) is 4.90 Å². The second-order valence-corrected chi connectivity index (χ2v) is 5.20. The lowest BCUT2D eigenvalue weighted by Gasteiger charge is -2.21. The summed E-state index contributed by atoms with van der Waals surface area (Å²) in [6, 6.07) is -2.93. The molecule has 0 aromatic rings. The number of likely N-dealkylation sites (tertiary alicyclic amines) is 1. The zero-order chi connectivity index (χ0) is 9.41. The van der Waals surface area contributed by atoms with Gasteiger partial charge in [0.2, 0.25) is 0 Å². The van der Waals surface area contributed by atoms with E-state index in [-0.39, 0.29) is 13.0 Å². The van der Waals surface area contributed by atoms with Gasteiger partial charge in [0.1, 0.15) is 5.88 Å². The minimum atomic E-state index is -3.33. The molecule has 1 saturated heterocycles. The molecule has 1 fully saturated rings. The van der Waals surface area contributed by atoms with E-state index in [1.54, 1.807) is 0 Å². The van der Waals surface area contributed by atoms with Gasteiger partial charge in [-0.25, -0.2) is 13.3 Å². The third-order valence-electron chi connectivity index (χ3n) is 1.76. The number of sulfone groups is 1. The van der Waals surface area contributed by atoms with Crippen molar-refractivity contribution in [2.24, 2.45) is 0 Å². The Labute approximate surface area is 70.3 Å². The van der Waals surface area contributed by atoms with Crippen LogP contribution in [-0.2, 0) is 9.84 Å². The predicted molar refractivity (Wildman–Crippen MR) is 40.6 cm³/mol. The maximum absolute atomic E-state index is 12.8. The number of halogens is 2. The predicted octanol–water partition coefficient (Wildman–Crippen LogP) is 0.677. The zero-order valence-electron chi connectivity index (χ0n) is 6.76. The Kier molecular flexibility index (Phi) is 2.40. The third kappa shape index (κ3) is 2.38. The summed E-state index contributed by atoms with van der Waals surface area (Å²) in [6.45, 7) is 0.167. The second kappa shape index (κ2) is 2.92. The summed E-state index contributed by atoms with van der Waals surface area (Å²) >= 11 is 0. The Balaban J connectivity index is 2.65. The number of rotatable bonds is 2. The maximum atomic E-state index is 12.8. The summed E-state index contributed by atoms with van der Waals surface area (Å²) in [5.74, 6) is -0.542. The summed E-state index contributed by atoms with van der Waals surface area (Å²) in [5.41, 5.74) is 0. The highest BCUT2D eigenvalue weighted by Crippen LogP contribution is 2.31. The molecule has 1 rings (SSSR count). The number of alkyl halides is 2. The molecule has 0 aromatic heterocycles. The average Bonchev–Trinajstić information content (AvgIpc) is 2.07. The lowest BCUT2D eigenvalue weighted by atomic mass is 10.4. The standard InChI is InChI=1S/C6H11F2NO2S/c1-12(10,11)5-9-4-2-3-6(9,7)8/h2-5H2,1H3. The van der Waals surface area contributed by atoms with E-state index < -0.39 is 21.8 Å². The lowest BCUT2D eigenvalue weighted by molar-refractivity contribution is -0.109. The molecule has 0 aliphatic carbocycles. The van der Waals surface area contributed by atoms with E-state index in [1.807, 2.05) is 0 Å². The fourth-order valence-corrected chi connectivity index (χ4v) is 2.13. The molecule has 3 nitrogen and oxygen atoms in total. The summed E-state index contributed by atoms with van der Waals surface area (Å²) in [7, 11) is -3.33. The Bertz CT molecular complexity index is 263. The molecular formula is C6H11F2NO2S. The molecule has 1 heterocycles. The molecule has 6 heteroatoms. The quantitative estimate of drug-likeness (QED) is 0.614. The van der Waals surface area contributed by atoms with Crippen LogP contribution < -0.4 is 0 Å². The highest BCUT2D eigenvalue weighted by atomic mass is 32.2. The Hall–Kier alpha value is -0.230. The van der Waals surface area contributed by atoms with Crippen LogP contribution >= 0.6 is 0 Å². The van der Waals surface area contributed by atoms with Crippen LogP contribution in [0.1, 0.15) is 12.8 Å². The van der Waals surface area contributed by atoms with Crippen molar-refractivity contribution >= 4 is 9.84 Å². The fraction of sp³-hybridized carbons (Fsp3) is 1.00. The van der Waals surface area contributed by atoms with E-state index in [9.17, 15) is 17.2 Å². The molecule has 0 spiro atoms. The maximum Gasteiger partial charge on any atom is 0.305 e. The third-order valence-corrected chi connectivity index (χ3v) is 2.54. The molecule has 0 N–H and O–H groups in total. The van der Waals surface area contributed by atoms with Gasteiger partial charge < -0.3 is 0 Å². The number of nitrogens with zero attached hydrogens (tertiary/aromatic N) is 1. The average molecular weight is 199 g/mol. The van der Waals surface area contributed by atoms with Gasteiger partial charge in [-0.3, -0.25) is 0 Å². The monoisotopic (exact) mass is 199 g/mol. The van der Waals surface area contributed by atoms with Crippen LogP contribution in [0.4, 0.5) is 8.78 Å². The highest BCUT2D eigenvalue weighted by molar-refractivity contribution is 7.90. The van der Waals surface area contributed by atoms with E-state index in [2.05, 4.69) is 0 Å². The van der Waals surface area contributed by atoms with Crippen LogP contribution in [0.5, 0.6) is 0 Å². The van der Waals surface area contributed by atoms with E-state index in [0.717, 1.165) is 6.26 Å². The summed E-state index contributed by atoms with van der Waals surface area (Å²) in [6.07, 6.45) is 1.09. The van der Waals surface area contributed by atoms with Crippen LogP contribution in [0.15, 0.2) is 0 Å². The normalized spacial score (nSPS) is 24.6. The van der Waals surface area contributed by atoms with Crippen LogP contribution in [0.25, 0.3) is 0 Å². The molecule has 0 amide bonds. The minimum absolute atomic E-state index is 0.167. The van der Waals surface area contributed by atoms with Crippen LogP contribution in [0, 0.1) is 0 Å². The van der Waals surface area contributed by atoms with Crippen LogP contribution in [0.2, 0.25) is 0 Å². The van der Waals surface area contributed by atoms with Crippen molar-refractivity contribution in [3.63, 3.8) is 0 Å². The van der Waals surface area contributed by atoms with E-state index in [0.29, 0.717) is 11.3 Å². The van der Waals surface area contributed by atoms with Gasteiger partial charge in [-0.15, -0.1) is 0 Å². The van der Waals surface area contributed by atoms with Crippen molar-refractivity contribution in [2.45, 2.75) is 18.9 Å². The van der Waals surface area contributed by atoms with Gasteiger partial charge in [0.15, 0.2) is 9.84 Å². The topological polar surface area (TPSA) is 37.4 Å². The summed E-state index contributed by atoms with van der Waals surface area (Å²) < 4.78 is 47.0. The zero-order valence-corrected chi connectivity index (χ0v) is 7.57. The van der Waals surface area contributed by atoms with Gasteiger partial charge in [-0.05, 0) is 6.42 Å². The first kappa shape index (κ1) is 9.85. The van der Waals surface area contributed by atoms with Gasteiger partial charge in [-0.2, -0.15) is 8.78 Å². The van der Waals surface area contributed by atoms with Crippen molar-refractivity contribution in [1.29, 1.82) is 0 Å². The highest BCUT2D eigenvalue weighted by Gasteiger charge is 2.42. The molecule has 0 bridgehead atoms. The van der Waals surface area contributed by atoms with Crippen molar-refractivity contribution in [3.05, 3.63) is 0 Å². The first-order chi connectivity index (χ1) is 5.31. The summed E-state index contributed by atoms with van der Waals surface area (Å²) in [4.78, 5) is 0.711. The molecule has 0 atom stereocenters. The minimum Gasteiger partial charge on any atom is -0.230 e. The van der Waals surface area contributed by atoms with Gasteiger partial charge >= 0.3 is 6.05 Å². The molecule has 1 aliphatic rings. The smallest absolute Gasteiger partial charge is 0.230 e. The van der Waals surface area contributed by atoms with Crippen molar-refractivity contribution < 1.29 is 17.2 Å². The molecule has 0 radical (unpaired) electrons. The molecule has 0 saturated carbocycles. The largest absolute Gasteiger partial charge is 0.305 e. The van der Waals surface area contributed by atoms with Gasteiger partial charge in [0.05, 0.1) is 0 Å². The number of hydrogen-bond donors (Lipinski definition) is 0. The van der Waals surface area contributed by atoms with E-state index in [4.69, 9.17) is 0 Å². The van der Waals surface area contributed by atoms with Gasteiger partial charge in [0.25, 0.3) is 0 Å². The van der Waals surface area contributed by atoms with Gasteiger partial charge in [-0.1, -0.05) is 0 Å². The number of hydrogen-bond acceptors (Lipinski definition) is 3. The first-order valence-corrected chi connectivity index (χ1v) is 5.68. The Morgan fingerprint density at radius 1 is 1.50 bits per heavy atom. The molecule has 1 aliphatic heterocycles. The second-order valence-electron chi connectivity index (χ2n) is 3.09. The Morgan fingerprint density at radius 2 is 2.08 bits per heavy atom. The molecule has 0 unspecified atom stereocenters. The van der Waals surface area contributed by atoms with E-state index >= 15 is 0 Å². The van der Waals surface area contributed by atoms with E-state index in [1.165, 1.54) is 0 Å². The summed E-state index contributed by atoms with van der Waals surface area (Å²) in [5, 5.41) is 0. The fourth-order valence-electron chi connectivity index (χ4n) is 1.25. The Morgan fingerprint density at radius 3 is 2.42 bits per heavy atom.